The Bertz CT molecular complexity index is 499. The summed E-state index contributed by atoms with van der Waals surface area (Å²) in [4.78, 5) is 19.0. The van der Waals surface area contributed by atoms with Gasteiger partial charge in [-0.05, 0) is 51.4 Å². The second-order valence-corrected chi connectivity index (χ2v) is 6.40. The van der Waals surface area contributed by atoms with Gasteiger partial charge in [0.1, 0.15) is 0 Å². The number of benzene rings is 1. The van der Waals surface area contributed by atoms with E-state index in [0.717, 1.165) is 52.2 Å². The first kappa shape index (κ1) is 18.0. The van der Waals surface area contributed by atoms with Gasteiger partial charge < -0.3 is 4.90 Å². The Kier molecular flexibility index (Phi) is 7.06. The second kappa shape index (κ2) is 9.04. The third-order valence-corrected chi connectivity index (χ3v) is 4.81. The molecule has 1 aliphatic rings. The van der Waals surface area contributed by atoms with Gasteiger partial charge in [-0.1, -0.05) is 24.3 Å². The molecule has 1 aromatic rings. The van der Waals surface area contributed by atoms with E-state index in [1.54, 1.807) is 0 Å². The van der Waals surface area contributed by atoms with Gasteiger partial charge in [-0.25, -0.2) is 0 Å². The van der Waals surface area contributed by atoms with Gasteiger partial charge in [0.25, 0.3) is 0 Å². The summed E-state index contributed by atoms with van der Waals surface area (Å²) >= 11 is 0. The molecule has 0 N–H and O–H groups in total. The van der Waals surface area contributed by atoms with E-state index in [1.165, 1.54) is 11.1 Å². The Hall–Kier alpha value is -1.39. The predicted molar refractivity (Wildman–Crippen MR) is 95.4 cm³/mol. The van der Waals surface area contributed by atoms with E-state index in [9.17, 15) is 4.79 Å². The van der Waals surface area contributed by atoms with E-state index in [0.29, 0.717) is 6.54 Å². The lowest BCUT2D eigenvalue weighted by molar-refractivity contribution is -0.132. The second-order valence-electron chi connectivity index (χ2n) is 6.40. The molecular formula is C19H31N3O. The molecule has 0 atom stereocenters. The van der Waals surface area contributed by atoms with E-state index in [4.69, 9.17) is 0 Å². The van der Waals surface area contributed by atoms with Crippen LogP contribution in [0.1, 0.15) is 31.4 Å². The van der Waals surface area contributed by atoms with E-state index >= 15 is 0 Å². The van der Waals surface area contributed by atoms with Crippen molar-refractivity contribution in [3.05, 3.63) is 35.4 Å². The normalized spacial score (nSPS) is 17.0. The highest BCUT2D eigenvalue weighted by Gasteiger charge is 2.19. The summed E-state index contributed by atoms with van der Waals surface area (Å²) in [6.07, 6.45) is 1.14. The third-order valence-electron chi connectivity index (χ3n) is 4.81. The van der Waals surface area contributed by atoms with Crippen LogP contribution in [0.15, 0.2) is 24.3 Å². The van der Waals surface area contributed by atoms with Crippen molar-refractivity contribution >= 4 is 5.91 Å². The fraction of sp³-hybridized carbons (Fsp3) is 0.632. The molecule has 1 saturated heterocycles. The van der Waals surface area contributed by atoms with Crippen molar-refractivity contribution in [2.24, 2.45) is 0 Å². The van der Waals surface area contributed by atoms with Crippen LogP contribution in [0.3, 0.4) is 0 Å². The van der Waals surface area contributed by atoms with Crippen molar-refractivity contribution < 1.29 is 4.79 Å². The molecule has 0 saturated carbocycles. The molecule has 1 amide bonds. The average Bonchev–Trinajstić information content (AvgIpc) is 2.76. The van der Waals surface area contributed by atoms with E-state index in [1.807, 2.05) is 18.7 Å². The van der Waals surface area contributed by atoms with E-state index in [2.05, 4.69) is 41.0 Å². The van der Waals surface area contributed by atoms with Gasteiger partial charge in [-0.15, -0.1) is 0 Å². The fourth-order valence-corrected chi connectivity index (χ4v) is 3.24. The van der Waals surface area contributed by atoms with Crippen LogP contribution in [0.4, 0.5) is 0 Å². The third kappa shape index (κ3) is 5.33. The predicted octanol–water partition coefficient (Wildman–Crippen LogP) is 2.37. The molecule has 2 rings (SSSR count). The Labute approximate surface area is 141 Å². The van der Waals surface area contributed by atoms with E-state index in [-0.39, 0.29) is 5.91 Å². The lowest BCUT2D eigenvalue weighted by Gasteiger charge is -2.25. The quantitative estimate of drug-likeness (QED) is 0.806. The maximum Gasteiger partial charge on any atom is 0.236 e. The van der Waals surface area contributed by atoms with Crippen molar-refractivity contribution in [3.8, 4) is 0 Å². The number of amides is 1. The van der Waals surface area contributed by atoms with Crippen LogP contribution in [0.25, 0.3) is 0 Å². The summed E-state index contributed by atoms with van der Waals surface area (Å²) in [7, 11) is 0. The maximum absolute atomic E-state index is 12.3. The summed E-state index contributed by atoms with van der Waals surface area (Å²) in [6.45, 7) is 13.7. The van der Waals surface area contributed by atoms with Crippen LogP contribution >= 0.6 is 0 Å². The van der Waals surface area contributed by atoms with Gasteiger partial charge in [0.2, 0.25) is 5.91 Å². The van der Waals surface area contributed by atoms with Crippen molar-refractivity contribution in [3.63, 3.8) is 0 Å². The molecule has 1 fully saturated rings. The van der Waals surface area contributed by atoms with Crippen LogP contribution in [0, 0.1) is 6.92 Å². The molecule has 0 spiro atoms. The molecule has 0 aromatic heterocycles. The average molecular weight is 317 g/mol. The number of rotatable bonds is 6. The molecule has 0 unspecified atom stereocenters. The summed E-state index contributed by atoms with van der Waals surface area (Å²) in [5, 5.41) is 0. The molecule has 23 heavy (non-hydrogen) atoms. The van der Waals surface area contributed by atoms with Gasteiger partial charge in [0.05, 0.1) is 6.54 Å². The Morgan fingerprint density at radius 3 is 2.39 bits per heavy atom. The van der Waals surface area contributed by atoms with Crippen molar-refractivity contribution in [1.29, 1.82) is 0 Å². The fourth-order valence-electron chi connectivity index (χ4n) is 3.24. The summed E-state index contributed by atoms with van der Waals surface area (Å²) in [5.74, 6) is 0.266. The van der Waals surface area contributed by atoms with Crippen LogP contribution < -0.4 is 0 Å². The Balaban J connectivity index is 1.85. The molecule has 1 heterocycles. The van der Waals surface area contributed by atoms with Gasteiger partial charge in [-0.3, -0.25) is 14.6 Å². The maximum atomic E-state index is 12.3. The van der Waals surface area contributed by atoms with Crippen molar-refractivity contribution in [2.75, 3.05) is 45.8 Å². The smallest absolute Gasteiger partial charge is 0.236 e. The number of hydrogen-bond acceptors (Lipinski definition) is 3. The molecule has 1 aromatic carbocycles. The first-order valence-electron chi connectivity index (χ1n) is 8.91. The zero-order valence-corrected chi connectivity index (χ0v) is 14.9. The standard InChI is InChI=1S/C19H31N3O/c1-4-22(5-2)19(23)16-21-12-8-11-20(13-14-21)15-18-10-7-6-9-17(18)3/h6-7,9-10H,4-5,8,11-16H2,1-3H3. The van der Waals surface area contributed by atoms with Gasteiger partial charge in [0.15, 0.2) is 0 Å². The number of nitrogens with zero attached hydrogens (tertiary/aromatic N) is 3. The number of carbonyl (C=O) groups excluding carboxylic acids is 1. The minimum Gasteiger partial charge on any atom is -0.342 e. The first-order chi connectivity index (χ1) is 11.1. The minimum atomic E-state index is 0.266. The van der Waals surface area contributed by atoms with Crippen molar-refractivity contribution in [1.82, 2.24) is 14.7 Å². The molecule has 0 bridgehead atoms. The highest BCUT2D eigenvalue weighted by Crippen LogP contribution is 2.12. The number of hydrogen-bond donors (Lipinski definition) is 0. The first-order valence-corrected chi connectivity index (χ1v) is 8.91. The zero-order valence-electron chi connectivity index (χ0n) is 14.9. The molecule has 1 aliphatic heterocycles. The van der Waals surface area contributed by atoms with Crippen molar-refractivity contribution in [2.45, 2.75) is 33.7 Å². The molecule has 0 radical (unpaired) electrons. The van der Waals surface area contributed by atoms with E-state index < -0.39 is 0 Å². The van der Waals surface area contributed by atoms with Crippen LogP contribution in [-0.4, -0.2) is 66.4 Å². The van der Waals surface area contributed by atoms with Gasteiger partial charge in [0, 0.05) is 32.7 Å². The number of carbonyl (C=O) groups is 1. The SMILES string of the molecule is CCN(CC)C(=O)CN1CCCN(Cc2ccccc2C)CC1. The molecule has 128 valence electrons. The Morgan fingerprint density at radius 2 is 1.70 bits per heavy atom. The van der Waals surface area contributed by atoms with Crippen LogP contribution in [-0.2, 0) is 11.3 Å². The Morgan fingerprint density at radius 1 is 1.04 bits per heavy atom. The summed E-state index contributed by atoms with van der Waals surface area (Å²) < 4.78 is 0. The molecular weight excluding hydrogens is 286 g/mol. The summed E-state index contributed by atoms with van der Waals surface area (Å²) in [6, 6.07) is 8.63. The van der Waals surface area contributed by atoms with Crippen LogP contribution in [0.5, 0.6) is 0 Å². The number of likely N-dealkylation sites (N-methyl/N-ethyl adjacent to an activating group) is 1. The minimum absolute atomic E-state index is 0.266. The molecule has 4 nitrogen and oxygen atoms in total. The molecule has 0 aliphatic carbocycles. The zero-order chi connectivity index (χ0) is 16.7. The van der Waals surface area contributed by atoms with Gasteiger partial charge in [-0.2, -0.15) is 0 Å². The largest absolute Gasteiger partial charge is 0.342 e. The highest BCUT2D eigenvalue weighted by molar-refractivity contribution is 5.78. The summed E-state index contributed by atoms with van der Waals surface area (Å²) in [5.41, 5.74) is 2.78. The number of aryl methyl sites for hydroxylation is 1. The molecule has 4 heteroatoms. The lowest BCUT2D eigenvalue weighted by Crippen LogP contribution is -2.41. The topological polar surface area (TPSA) is 26.8 Å². The lowest BCUT2D eigenvalue weighted by atomic mass is 10.1. The highest BCUT2D eigenvalue weighted by atomic mass is 16.2. The van der Waals surface area contributed by atoms with Gasteiger partial charge >= 0.3 is 0 Å². The van der Waals surface area contributed by atoms with Crippen LogP contribution in [0.2, 0.25) is 0 Å². The monoisotopic (exact) mass is 317 g/mol.